The molecule has 2 aromatic heterocycles. The number of piperazine rings is 1. The Morgan fingerprint density at radius 2 is 1.94 bits per heavy atom. The first-order chi connectivity index (χ1) is 15.3. The van der Waals surface area contributed by atoms with Gasteiger partial charge in [0.25, 0.3) is 0 Å². The monoisotopic (exact) mass is 439 g/mol. The Balaban J connectivity index is 1.15. The summed E-state index contributed by atoms with van der Waals surface area (Å²) in [6.07, 6.45) is 3.53. The predicted molar refractivity (Wildman–Crippen MR) is 121 cm³/mol. The Morgan fingerprint density at radius 1 is 1.10 bits per heavy atom. The first-order valence-electron chi connectivity index (χ1n) is 10.2. The van der Waals surface area contributed by atoms with E-state index in [1.807, 2.05) is 29.6 Å². The van der Waals surface area contributed by atoms with Crippen LogP contribution in [0.2, 0.25) is 0 Å². The molecule has 162 valence electrons. The first kappa shape index (κ1) is 21.0. The van der Waals surface area contributed by atoms with E-state index in [1.165, 1.54) is 11.3 Å². The van der Waals surface area contributed by atoms with Crippen LogP contribution in [-0.2, 0) is 6.61 Å². The summed E-state index contributed by atoms with van der Waals surface area (Å²) < 4.78 is 5.73. The number of carbonyl (C=O) groups excluding carboxylic acids is 1. The average molecular weight is 440 g/mol. The first-order valence-corrected chi connectivity index (χ1v) is 11.1. The van der Waals surface area contributed by atoms with Crippen molar-refractivity contribution in [3.05, 3.63) is 59.3 Å². The van der Waals surface area contributed by atoms with Crippen molar-refractivity contribution < 1.29 is 9.53 Å². The molecule has 0 saturated carbocycles. The standard InChI is InChI=1S/C21H25N7O2S/c29-21(26-17-3-1-4-19(13-17)30-14-18-15-31-16-25-18)24-7-8-27-9-11-28(12-10-27)20-22-5-2-6-23-20/h1-6,13,15-16H,7-12,14H2,(H2,24,26,29). The van der Waals surface area contributed by atoms with Gasteiger partial charge in [0.05, 0.1) is 11.2 Å². The molecule has 1 saturated heterocycles. The van der Waals surface area contributed by atoms with Gasteiger partial charge in [-0.3, -0.25) is 4.90 Å². The number of amides is 2. The van der Waals surface area contributed by atoms with E-state index in [2.05, 4.69) is 35.4 Å². The molecule has 0 atom stereocenters. The highest BCUT2D eigenvalue weighted by Crippen LogP contribution is 2.18. The number of rotatable bonds is 8. The maximum Gasteiger partial charge on any atom is 0.319 e. The number of nitrogens with zero attached hydrogens (tertiary/aromatic N) is 5. The van der Waals surface area contributed by atoms with E-state index >= 15 is 0 Å². The number of nitrogens with one attached hydrogen (secondary N) is 2. The van der Waals surface area contributed by atoms with E-state index in [0.717, 1.165) is 44.4 Å². The van der Waals surface area contributed by atoms with Gasteiger partial charge in [-0.25, -0.2) is 19.7 Å². The van der Waals surface area contributed by atoms with Crippen molar-refractivity contribution >= 4 is 29.0 Å². The topological polar surface area (TPSA) is 95.5 Å². The van der Waals surface area contributed by atoms with Crippen LogP contribution in [0.15, 0.2) is 53.6 Å². The molecule has 0 radical (unpaired) electrons. The smallest absolute Gasteiger partial charge is 0.319 e. The van der Waals surface area contributed by atoms with Gasteiger partial charge >= 0.3 is 6.03 Å². The van der Waals surface area contributed by atoms with Crippen LogP contribution in [0.1, 0.15) is 5.69 Å². The van der Waals surface area contributed by atoms with Gasteiger partial charge in [-0.1, -0.05) is 6.07 Å². The zero-order valence-corrected chi connectivity index (χ0v) is 17.9. The van der Waals surface area contributed by atoms with Gasteiger partial charge in [0.2, 0.25) is 5.95 Å². The molecule has 0 spiro atoms. The summed E-state index contributed by atoms with van der Waals surface area (Å²) in [6, 6.07) is 8.93. The Bertz CT molecular complexity index is 947. The Hall–Kier alpha value is -3.24. The maximum absolute atomic E-state index is 12.2. The third kappa shape index (κ3) is 6.37. The Labute approximate surface area is 185 Å². The summed E-state index contributed by atoms with van der Waals surface area (Å²) in [7, 11) is 0. The summed E-state index contributed by atoms with van der Waals surface area (Å²) >= 11 is 1.54. The lowest BCUT2D eigenvalue weighted by Gasteiger charge is -2.34. The van der Waals surface area contributed by atoms with Crippen LogP contribution in [-0.4, -0.2) is 65.2 Å². The van der Waals surface area contributed by atoms with Gasteiger partial charge in [-0.15, -0.1) is 11.3 Å². The molecule has 2 N–H and O–H groups in total. The molecule has 31 heavy (non-hydrogen) atoms. The summed E-state index contributed by atoms with van der Waals surface area (Å²) in [5, 5.41) is 7.72. The van der Waals surface area contributed by atoms with Gasteiger partial charge in [-0.2, -0.15) is 0 Å². The maximum atomic E-state index is 12.2. The summed E-state index contributed by atoms with van der Waals surface area (Å²) in [4.78, 5) is 29.5. The highest BCUT2D eigenvalue weighted by molar-refractivity contribution is 7.07. The van der Waals surface area contributed by atoms with Crippen LogP contribution < -0.4 is 20.3 Å². The number of anilines is 2. The Morgan fingerprint density at radius 3 is 2.71 bits per heavy atom. The third-order valence-electron chi connectivity index (χ3n) is 4.88. The summed E-state index contributed by atoms with van der Waals surface area (Å²) in [5.41, 5.74) is 3.35. The lowest BCUT2D eigenvalue weighted by Crippen LogP contribution is -2.49. The fourth-order valence-corrected chi connectivity index (χ4v) is 3.80. The zero-order valence-electron chi connectivity index (χ0n) is 17.1. The van der Waals surface area contributed by atoms with Crippen LogP contribution in [0, 0.1) is 0 Å². The second-order valence-electron chi connectivity index (χ2n) is 7.05. The van der Waals surface area contributed by atoms with E-state index in [-0.39, 0.29) is 6.03 Å². The molecule has 0 bridgehead atoms. The van der Waals surface area contributed by atoms with Crippen LogP contribution in [0.4, 0.5) is 16.4 Å². The minimum absolute atomic E-state index is 0.229. The minimum Gasteiger partial charge on any atom is -0.487 e. The van der Waals surface area contributed by atoms with Crippen molar-refractivity contribution in [3.8, 4) is 5.75 Å². The number of urea groups is 1. The largest absolute Gasteiger partial charge is 0.487 e. The van der Waals surface area contributed by atoms with Crippen LogP contribution in [0.3, 0.4) is 0 Å². The number of carbonyl (C=O) groups is 1. The number of benzene rings is 1. The molecule has 0 aliphatic carbocycles. The minimum atomic E-state index is -0.229. The van der Waals surface area contributed by atoms with E-state index in [1.54, 1.807) is 24.0 Å². The molecule has 3 aromatic rings. The molecule has 3 heterocycles. The molecule has 10 heteroatoms. The van der Waals surface area contributed by atoms with Crippen molar-refractivity contribution in [1.82, 2.24) is 25.2 Å². The van der Waals surface area contributed by atoms with Crippen LogP contribution in [0.25, 0.3) is 0 Å². The molecule has 1 aliphatic rings. The molecular weight excluding hydrogens is 414 g/mol. The molecule has 1 aliphatic heterocycles. The van der Waals surface area contributed by atoms with Gasteiger partial charge in [-0.05, 0) is 18.2 Å². The van der Waals surface area contributed by atoms with Gasteiger partial charge in [0.15, 0.2) is 0 Å². The second kappa shape index (κ2) is 10.7. The second-order valence-corrected chi connectivity index (χ2v) is 7.77. The summed E-state index contributed by atoms with van der Waals surface area (Å²) in [5.74, 6) is 1.46. The highest BCUT2D eigenvalue weighted by atomic mass is 32.1. The van der Waals surface area contributed by atoms with Crippen molar-refractivity contribution in [2.75, 3.05) is 49.5 Å². The fourth-order valence-electron chi connectivity index (χ4n) is 3.26. The Kier molecular flexibility index (Phi) is 7.24. The molecule has 4 rings (SSSR count). The average Bonchev–Trinajstić information content (AvgIpc) is 3.33. The van der Waals surface area contributed by atoms with Crippen molar-refractivity contribution in [3.63, 3.8) is 0 Å². The lowest BCUT2D eigenvalue weighted by molar-refractivity contribution is 0.240. The number of ether oxygens (including phenoxy) is 1. The molecule has 1 aromatic carbocycles. The predicted octanol–water partition coefficient (Wildman–Crippen LogP) is 2.46. The number of hydrogen-bond donors (Lipinski definition) is 2. The summed E-state index contributed by atoms with van der Waals surface area (Å²) in [6.45, 7) is 5.37. The van der Waals surface area contributed by atoms with Gasteiger partial charge in [0.1, 0.15) is 12.4 Å². The van der Waals surface area contributed by atoms with Crippen LogP contribution in [0.5, 0.6) is 5.75 Å². The van der Waals surface area contributed by atoms with Crippen LogP contribution >= 0.6 is 11.3 Å². The normalized spacial score (nSPS) is 14.3. The third-order valence-corrected chi connectivity index (χ3v) is 5.52. The quantitative estimate of drug-likeness (QED) is 0.557. The number of aromatic nitrogens is 3. The number of thiazole rings is 1. The molecule has 2 amide bonds. The molecule has 0 unspecified atom stereocenters. The van der Waals surface area contributed by atoms with Crippen molar-refractivity contribution in [2.45, 2.75) is 6.61 Å². The van der Waals surface area contributed by atoms with Gasteiger partial charge < -0.3 is 20.3 Å². The zero-order chi connectivity index (χ0) is 21.3. The number of hydrogen-bond acceptors (Lipinski definition) is 8. The van der Waals surface area contributed by atoms with E-state index in [9.17, 15) is 4.79 Å². The van der Waals surface area contributed by atoms with E-state index in [0.29, 0.717) is 24.6 Å². The van der Waals surface area contributed by atoms with Gasteiger partial charge in [0, 0.05) is 68.8 Å². The molecule has 1 fully saturated rings. The highest BCUT2D eigenvalue weighted by Gasteiger charge is 2.18. The molecular formula is C21H25N7O2S. The van der Waals surface area contributed by atoms with E-state index in [4.69, 9.17) is 4.74 Å². The van der Waals surface area contributed by atoms with Crippen molar-refractivity contribution in [1.29, 1.82) is 0 Å². The lowest BCUT2D eigenvalue weighted by atomic mass is 10.3. The fraction of sp³-hybridized carbons (Fsp3) is 0.333. The SMILES string of the molecule is O=C(NCCN1CCN(c2ncccn2)CC1)Nc1cccc(OCc2cscn2)c1. The molecule has 9 nitrogen and oxygen atoms in total. The van der Waals surface area contributed by atoms with E-state index < -0.39 is 0 Å². The van der Waals surface area contributed by atoms with Crippen molar-refractivity contribution in [2.24, 2.45) is 0 Å².